The SMILES string of the molecule is N=C(N)c1cccc(CC(NS(=O)(=O)c2ccccc2)c2nc3ccc(OCCO)cc3s2)c1. The maximum absolute atomic E-state index is 13.1. The number of fused-ring (bicyclic) bond motifs is 1. The minimum Gasteiger partial charge on any atom is -0.491 e. The molecule has 0 radical (unpaired) electrons. The number of nitrogens with one attached hydrogen (secondary N) is 2. The quantitative estimate of drug-likeness (QED) is 0.196. The first-order valence-corrected chi connectivity index (χ1v) is 12.8. The topological polar surface area (TPSA) is 138 Å². The minimum atomic E-state index is -3.81. The van der Waals surface area contributed by atoms with Gasteiger partial charge in [0.1, 0.15) is 23.2 Å². The molecule has 4 aromatic rings. The van der Waals surface area contributed by atoms with Crippen LogP contribution >= 0.6 is 11.3 Å². The summed E-state index contributed by atoms with van der Waals surface area (Å²) in [7, 11) is -3.81. The van der Waals surface area contributed by atoms with E-state index < -0.39 is 16.1 Å². The lowest BCUT2D eigenvalue weighted by molar-refractivity contribution is 0.201. The van der Waals surface area contributed by atoms with Gasteiger partial charge in [0.15, 0.2) is 0 Å². The average molecular weight is 497 g/mol. The van der Waals surface area contributed by atoms with Crippen LogP contribution in [0.25, 0.3) is 10.2 Å². The predicted molar refractivity (Wildman–Crippen MR) is 133 cm³/mol. The Hall–Kier alpha value is -3.31. The highest BCUT2D eigenvalue weighted by molar-refractivity contribution is 7.89. The number of benzene rings is 3. The van der Waals surface area contributed by atoms with E-state index in [0.29, 0.717) is 22.7 Å². The number of thiazole rings is 1. The molecule has 0 aliphatic carbocycles. The summed E-state index contributed by atoms with van der Waals surface area (Å²) in [5.41, 5.74) is 7.74. The largest absolute Gasteiger partial charge is 0.491 e. The fraction of sp³-hybridized carbons (Fsp3) is 0.167. The number of aliphatic hydroxyl groups is 1. The molecule has 0 amide bonds. The summed E-state index contributed by atoms with van der Waals surface area (Å²) in [4.78, 5) is 4.85. The number of sulfonamides is 1. The van der Waals surface area contributed by atoms with E-state index in [0.717, 1.165) is 15.8 Å². The van der Waals surface area contributed by atoms with E-state index in [-0.39, 0.29) is 23.9 Å². The van der Waals surface area contributed by atoms with E-state index in [1.807, 2.05) is 12.1 Å². The first-order chi connectivity index (χ1) is 16.4. The van der Waals surface area contributed by atoms with E-state index in [4.69, 9.17) is 21.0 Å². The molecular formula is C24H24N4O4S2. The Balaban J connectivity index is 1.71. The minimum absolute atomic E-state index is 0.0568. The standard InChI is InChI=1S/C24H24N4O4S2/c25-23(26)17-6-4-5-16(13-17)14-21(28-34(30,31)19-7-2-1-3-8-19)24-27-20-10-9-18(32-12-11-29)15-22(20)33-24/h1-10,13,15,21,28-29H,11-12,14H2,(H3,25,26). The average Bonchev–Trinajstić information content (AvgIpc) is 3.26. The van der Waals surface area contributed by atoms with Gasteiger partial charge < -0.3 is 15.6 Å². The lowest BCUT2D eigenvalue weighted by Crippen LogP contribution is -2.30. The van der Waals surface area contributed by atoms with Gasteiger partial charge in [0.25, 0.3) is 0 Å². The second-order valence-electron chi connectivity index (χ2n) is 7.56. The molecule has 3 aromatic carbocycles. The highest BCUT2D eigenvalue weighted by Gasteiger charge is 2.25. The van der Waals surface area contributed by atoms with E-state index in [1.54, 1.807) is 60.7 Å². The summed E-state index contributed by atoms with van der Waals surface area (Å²) >= 11 is 1.37. The van der Waals surface area contributed by atoms with Crippen molar-refractivity contribution in [3.05, 3.63) is 88.9 Å². The first-order valence-electron chi connectivity index (χ1n) is 10.5. The molecular weight excluding hydrogens is 472 g/mol. The van der Waals surface area contributed by atoms with Crippen molar-refractivity contribution in [2.24, 2.45) is 5.73 Å². The molecule has 0 spiro atoms. The van der Waals surface area contributed by atoms with Gasteiger partial charge in [-0.05, 0) is 48.4 Å². The number of nitrogens with two attached hydrogens (primary N) is 1. The molecule has 10 heteroatoms. The number of rotatable bonds is 10. The van der Waals surface area contributed by atoms with Crippen molar-refractivity contribution in [1.29, 1.82) is 5.41 Å². The molecule has 176 valence electrons. The van der Waals surface area contributed by atoms with E-state index in [1.165, 1.54) is 11.3 Å². The Labute approximate surface area is 201 Å². The summed E-state index contributed by atoms with van der Waals surface area (Å²) in [5.74, 6) is 0.547. The van der Waals surface area contributed by atoms with Gasteiger partial charge in [-0.25, -0.2) is 18.1 Å². The molecule has 0 fully saturated rings. The van der Waals surface area contributed by atoms with Crippen LogP contribution in [0.5, 0.6) is 5.75 Å². The Bertz CT molecular complexity index is 1410. The maximum Gasteiger partial charge on any atom is 0.241 e. The summed E-state index contributed by atoms with van der Waals surface area (Å²) in [6, 6.07) is 20.1. The summed E-state index contributed by atoms with van der Waals surface area (Å²) in [6.07, 6.45) is 0.320. The fourth-order valence-electron chi connectivity index (χ4n) is 3.46. The van der Waals surface area contributed by atoms with E-state index >= 15 is 0 Å². The molecule has 0 saturated carbocycles. The van der Waals surface area contributed by atoms with Crippen LogP contribution in [0.15, 0.2) is 77.7 Å². The van der Waals surface area contributed by atoms with Crippen molar-refractivity contribution >= 4 is 37.4 Å². The zero-order valence-corrected chi connectivity index (χ0v) is 19.8. The second kappa shape index (κ2) is 10.3. The van der Waals surface area contributed by atoms with Gasteiger partial charge in [0, 0.05) is 5.56 Å². The monoisotopic (exact) mass is 496 g/mol. The van der Waals surface area contributed by atoms with Crippen molar-refractivity contribution in [3.8, 4) is 5.75 Å². The molecule has 0 aliphatic rings. The van der Waals surface area contributed by atoms with Gasteiger partial charge >= 0.3 is 0 Å². The maximum atomic E-state index is 13.1. The van der Waals surface area contributed by atoms with Crippen molar-refractivity contribution in [3.63, 3.8) is 0 Å². The normalized spacial score (nSPS) is 12.5. The number of hydrogen-bond acceptors (Lipinski definition) is 7. The molecule has 1 aromatic heterocycles. The Morgan fingerprint density at radius 3 is 2.65 bits per heavy atom. The summed E-state index contributed by atoms with van der Waals surface area (Å²) < 4.78 is 35.4. The van der Waals surface area contributed by atoms with E-state index in [9.17, 15) is 8.42 Å². The third-order valence-electron chi connectivity index (χ3n) is 5.06. The number of aromatic nitrogens is 1. The third-order valence-corrected chi connectivity index (χ3v) is 7.68. The van der Waals surface area contributed by atoms with Crippen LogP contribution in [0.2, 0.25) is 0 Å². The molecule has 34 heavy (non-hydrogen) atoms. The van der Waals surface area contributed by atoms with Crippen LogP contribution in [0.1, 0.15) is 22.2 Å². The van der Waals surface area contributed by atoms with Crippen LogP contribution in [0.4, 0.5) is 0 Å². The van der Waals surface area contributed by atoms with Crippen LogP contribution in [-0.2, 0) is 16.4 Å². The second-order valence-corrected chi connectivity index (χ2v) is 10.3. The summed E-state index contributed by atoms with van der Waals surface area (Å²) in [5, 5.41) is 17.3. The highest BCUT2D eigenvalue weighted by Crippen LogP contribution is 2.32. The van der Waals surface area contributed by atoms with Crippen LogP contribution in [0.3, 0.4) is 0 Å². The van der Waals surface area contributed by atoms with Crippen molar-refractivity contribution in [2.45, 2.75) is 17.4 Å². The molecule has 1 atom stereocenters. The Kier molecular flexibility index (Phi) is 7.23. The van der Waals surface area contributed by atoms with Gasteiger partial charge in [-0.2, -0.15) is 0 Å². The lowest BCUT2D eigenvalue weighted by Gasteiger charge is -2.17. The zero-order chi connectivity index (χ0) is 24.1. The molecule has 5 N–H and O–H groups in total. The number of nitrogens with zero attached hydrogens (tertiary/aromatic N) is 1. The van der Waals surface area contributed by atoms with Gasteiger partial charge in [0.2, 0.25) is 10.0 Å². The molecule has 1 heterocycles. The molecule has 1 unspecified atom stereocenters. The van der Waals surface area contributed by atoms with Crippen LogP contribution in [-0.4, -0.2) is 37.6 Å². The van der Waals surface area contributed by atoms with Gasteiger partial charge in [-0.3, -0.25) is 5.41 Å². The predicted octanol–water partition coefficient (Wildman–Crippen LogP) is 3.21. The molecule has 8 nitrogen and oxygen atoms in total. The van der Waals surface area contributed by atoms with Gasteiger partial charge in [-0.15, -0.1) is 11.3 Å². The first kappa shape index (κ1) is 23.8. The van der Waals surface area contributed by atoms with E-state index in [2.05, 4.69) is 9.71 Å². The van der Waals surface area contributed by atoms with Crippen molar-refractivity contribution < 1.29 is 18.3 Å². The molecule has 4 rings (SSSR count). The molecule has 0 bridgehead atoms. The number of aliphatic hydroxyl groups excluding tert-OH is 1. The van der Waals surface area contributed by atoms with Crippen LogP contribution in [0, 0.1) is 5.41 Å². The smallest absolute Gasteiger partial charge is 0.241 e. The van der Waals surface area contributed by atoms with Crippen LogP contribution < -0.4 is 15.2 Å². The Morgan fingerprint density at radius 2 is 1.91 bits per heavy atom. The van der Waals surface area contributed by atoms with Gasteiger partial charge in [-0.1, -0.05) is 36.4 Å². The highest BCUT2D eigenvalue weighted by atomic mass is 32.2. The fourth-order valence-corrected chi connectivity index (χ4v) is 5.80. The number of nitrogen functional groups attached to an aromatic ring is 1. The summed E-state index contributed by atoms with van der Waals surface area (Å²) in [6.45, 7) is 0.0950. The number of ether oxygens (including phenoxy) is 1. The molecule has 0 aliphatic heterocycles. The number of amidine groups is 1. The van der Waals surface area contributed by atoms with Gasteiger partial charge in [0.05, 0.1) is 27.8 Å². The Morgan fingerprint density at radius 1 is 1.12 bits per heavy atom. The lowest BCUT2D eigenvalue weighted by atomic mass is 10.0. The van der Waals surface area contributed by atoms with Crippen molar-refractivity contribution in [2.75, 3.05) is 13.2 Å². The third kappa shape index (κ3) is 5.60. The molecule has 0 saturated heterocycles. The number of hydrogen-bond donors (Lipinski definition) is 4. The van der Waals surface area contributed by atoms with Crippen molar-refractivity contribution in [1.82, 2.24) is 9.71 Å². The zero-order valence-electron chi connectivity index (χ0n) is 18.1.